The molecule has 0 aliphatic carbocycles. The number of hydrogen-bond donors (Lipinski definition) is 1. The number of carbonyl (C=O) groups is 1. The van der Waals surface area contributed by atoms with Crippen molar-refractivity contribution in [2.75, 3.05) is 7.11 Å². The summed E-state index contributed by atoms with van der Waals surface area (Å²) >= 11 is 6.00. The fourth-order valence-corrected chi connectivity index (χ4v) is 2.06. The van der Waals surface area contributed by atoms with Crippen LogP contribution in [0.15, 0.2) is 29.5 Å². The topological polar surface area (TPSA) is 68.1 Å². The summed E-state index contributed by atoms with van der Waals surface area (Å²) < 4.78 is 10.4. The van der Waals surface area contributed by atoms with Crippen LogP contribution in [0.1, 0.15) is 33.3 Å². The number of carbonyl (C=O) groups excluding carboxylic acids is 1. The lowest BCUT2D eigenvalue weighted by molar-refractivity contribution is -0.143. The molecule has 1 N–H and O–H groups in total. The summed E-state index contributed by atoms with van der Waals surface area (Å²) in [6.07, 6.45) is 1.45. The van der Waals surface area contributed by atoms with Crippen molar-refractivity contribution in [1.29, 1.82) is 0 Å². The summed E-state index contributed by atoms with van der Waals surface area (Å²) in [6.45, 7) is 11.4. The maximum atomic E-state index is 11.8. The molecule has 1 rings (SSSR count). The molecule has 0 aliphatic rings. The zero-order valence-corrected chi connectivity index (χ0v) is 15.4. The number of esters is 1. The van der Waals surface area contributed by atoms with Crippen molar-refractivity contribution in [3.8, 4) is 11.5 Å². The zero-order valence-electron chi connectivity index (χ0n) is 14.7. The van der Waals surface area contributed by atoms with Gasteiger partial charge < -0.3 is 14.6 Å². The van der Waals surface area contributed by atoms with Crippen LogP contribution in [-0.2, 0) is 9.53 Å². The van der Waals surface area contributed by atoms with Crippen LogP contribution in [0.25, 0.3) is 0 Å². The third kappa shape index (κ3) is 5.27. The molecule has 0 amide bonds. The molecule has 0 heterocycles. The summed E-state index contributed by atoms with van der Waals surface area (Å²) in [5, 5.41) is 10.5. The third-order valence-corrected chi connectivity index (χ3v) is 3.61. The Balaban J connectivity index is 3.24. The summed E-state index contributed by atoms with van der Waals surface area (Å²) in [5.74, 6) is 0.177. The van der Waals surface area contributed by atoms with Gasteiger partial charge in [-0.15, -0.1) is 0 Å². The van der Waals surface area contributed by atoms with E-state index in [0.717, 1.165) is 0 Å². The van der Waals surface area contributed by atoms with Crippen molar-refractivity contribution >= 4 is 23.8 Å². The van der Waals surface area contributed by atoms with Gasteiger partial charge in [0.15, 0.2) is 11.5 Å². The zero-order chi connectivity index (χ0) is 18.4. The van der Waals surface area contributed by atoms with Gasteiger partial charge >= 0.3 is 5.97 Å². The van der Waals surface area contributed by atoms with Crippen LogP contribution in [0, 0.1) is 11.8 Å². The molecule has 0 radical (unpaired) electrons. The Bertz CT molecular complexity index is 638. The number of hydrogen-bond acceptors (Lipinski definition) is 5. The number of aliphatic imine (C=N–C) groups is 1. The first kappa shape index (κ1) is 20.0. The summed E-state index contributed by atoms with van der Waals surface area (Å²) in [6, 6.07) is 2.32. The quantitative estimate of drug-likeness (QED) is 0.453. The highest BCUT2D eigenvalue weighted by Crippen LogP contribution is 2.35. The Kier molecular flexibility index (Phi) is 7.29. The first-order chi connectivity index (χ1) is 11.2. The SMILES string of the molecule is C=C(Oc1c(O)cc(Cl)cc1C=NC(C(=O)OC)C(C)C)C(C)C. The maximum absolute atomic E-state index is 11.8. The van der Waals surface area contributed by atoms with E-state index in [1.165, 1.54) is 19.4 Å². The highest BCUT2D eigenvalue weighted by Gasteiger charge is 2.22. The average molecular weight is 354 g/mol. The van der Waals surface area contributed by atoms with Crippen molar-refractivity contribution in [3.63, 3.8) is 0 Å². The first-order valence-electron chi connectivity index (χ1n) is 7.67. The summed E-state index contributed by atoms with van der Waals surface area (Å²) in [7, 11) is 1.32. The van der Waals surface area contributed by atoms with Gasteiger partial charge in [-0.2, -0.15) is 0 Å². The fourth-order valence-electron chi connectivity index (χ4n) is 1.84. The van der Waals surface area contributed by atoms with Crippen LogP contribution < -0.4 is 4.74 Å². The molecule has 1 unspecified atom stereocenters. The molecule has 6 heteroatoms. The van der Waals surface area contributed by atoms with E-state index in [-0.39, 0.29) is 23.3 Å². The minimum atomic E-state index is -0.655. The van der Waals surface area contributed by atoms with E-state index in [9.17, 15) is 9.90 Å². The van der Waals surface area contributed by atoms with Crippen LogP contribution in [-0.4, -0.2) is 30.4 Å². The van der Waals surface area contributed by atoms with E-state index < -0.39 is 12.0 Å². The normalized spacial score (nSPS) is 12.7. The molecule has 0 fully saturated rings. The Morgan fingerprint density at radius 2 is 1.96 bits per heavy atom. The molecule has 0 saturated heterocycles. The smallest absolute Gasteiger partial charge is 0.330 e. The van der Waals surface area contributed by atoms with Crippen molar-refractivity contribution in [2.24, 2.45) is 16.8 Å². The van der Waals surface area contributed by atoms with Gasteiger partial charge in [0.25, 0.3) is 0 Å². The van der Waals surface area contributed by atoms with Crippen molar-refractivity contribution in [3.05, 3.63) is 35.1 Å². The Morgan fingerprint density at radius 1 is 1.33 bits per heavy atom. The molecule has 132 valence electrons. The van der Waals surface area contributed by atoms with Crippen LogP contribution >= 0.6 is 11.6 Å². The average Bonchev–Trinajstić information content (AvgIpc) is 2.49. The highest BCUT2D eigenvalue weighted by molar-refractivity contribution is 6.31. The number of ether oxygens (including phenoxy) is 2. The number of halogens is 1. The van der Waals surface area contributed by atoms with Crippen molar-refractivity contribution in [2.45, 2.75) is 33.7 Å². The molecule has 0 saturated carbocycles. The number of phenolic OH excluding ortho intramolecular Hbond substituents is 1. The van der Waals surface area contributed by atoms with Gasteiger partial charge in [-0.05, 0) is 12.0 Å². The van der Waals surface area contributed by atoms with E-state index in [4.69, 9.17) is 21.1 Å². The lowest BCUT2D eigenvalue weighted by atomic mass is 10.1. The molecule has 1 aromatic carbocycles. The number of nitrogens with zero attached hydrogens (tertiary/aromatic N) is 1. The summed E-state index contributed by atoms with van der Waals surface area (Å²) in [4.78, 5) is 16.1. The second-order valence-corrected chi connectivity index (χ2v) is 6.49. The van der Waals surface area contributed by atoms with E-state index in [0.29, 0.717) is 16.3 Å². The summed E-state index contributed by atoms with van der Waals surface area (Å²) in [5.41, 5.74) is 0.455. The lowest BCUT2D eigenvalue weighted by Gasteiger charge is -2.16. The molecule has 0 aliphatic heterocycles. The van der Waals surface area contributed by atoms with E-state index in [1.54, 1.807) is 6.07 Å². The van der Waals surface area contributed by atoms with Crippen molar-refractivity contribution < 1.29 is 19.4 Å². The van der Waals surface area contributed by atoms with E-state index in [2.05, 4.69) is 11.6 Å². The second kappa shape index (κ2) is 8.73. The fraction of sp³-hybridized carbons (Fsp3) is 0.444. The van der Waals surface area contributed by atoms with Gasteiger partial charge in [0.05, 0.1) is 12.9 Å². The molecule has 1 aromatic rings. The molecule has 0 spiro atoms. The van der Waals surface area contributed by atoms with Gasteiger partial charge in [-0.25, -0.2) is 4.79 Å². The second-order valence-electron chi connectivity index (χ2n) is 6.06. The number of rotatable bonds is 7. The predicted octanol–water partition coefficient (Wildman–Crippen LogP) is 4.21. The van der Waals surface area contributed by atoms with Crippen LogP contribution in [0.3, 0.4) is 0 Å². The molecule has 1 atom stereocenters. The molecule has 24 heavy (non-hydrogen) atoms. The Labute approximate surface area is 148 Å². The maximum Gasteiger partial charge on any atom is 0.330 e. The molecule has 0 bridgehead atoms. The molecular formula is C18H24ClNO4. The largest absolute Gasteiger partial charge is 0.504 e. The van der Waals surface area contributed by atoms with E-state index >= 15 is 0 Å². The van der Waals surface area contributed by atoms with Gasteiger partial charge in [-0.1, -0.05) is 45.9 Å². The predicted molar refractivity (Wildman–Crippen MR) is 96.0 cm³/mol. The number of aromatic hydroxyl groups is 1. The lowest BCUT2D eigenvalue weighted by Crippen LogP contribution is -2.26. The number of benzene rings is 1. The van der Waals surface area contributed by atoms with Gasteiger partial charge in [0.2, 0.25) is 0 Å². The number of phenols is 1. The number of methoxy groups -OCH3 is 1. The minimum Gasteiger partial charge on any atom is -0.504 e. The van der Waals surface area contributed by atoms with E-state index in [1.807, 2.05) is 27.7 Å². The molecular weight excluding hydrogens is 330 g/mol. The van der Waals surface area contributed by atoms with Crippen LogP contribution in [0.4, 0.5) is 0 Å². The third-order valence-electron chi connectivity index (χ3n) is 3.39. The monoisotopic (exact) mass is 353 g/mol. The first-order valence-corrected chi connectivity index (χ1v) is 8.05. The Hall–Kier alpha value is -2.01. The Morgan fingerprint density at radius 3 is 2.46 bits per heavy atom. The molecule has 5 nitrogen and oxygen atoms in total. The van der Waals surface area contributed by atoms with Crippen LogP contribution in [0.5, 0.6) is 11.5 Å². The van der Waals surface area contributed by atoms with Gasteiger partial charge in [0, 0.05) is 28.8 Å². The molecule has 0 aromatic heterocycles. The van der Waals surface area contributed by atoms with Crippen LogP contribution in [0.2, 0.25) is 5.02 Å². The van der Waals surface area contributed by atoms with Gasteiger partial charge in [0.1, 0.15) is 6.04 Å². The minimum absolute atomic E-state index is 0.0449. The standard InChI is InChI=1S/C18H24ClNO4/c1-10(2)12(5)24-17-13(7-14(19)8-15(17)21)9-20-16(11(3)4)18(22)23-6/h7-11,16,21H,5H2,1-4,6H3. The van der Waals surface area contributed by atoms with Gasteiger partial charge in [-0.3, -0.25) is 4.99 Å². The highest BCUT2D eigenvalue weighted by atomic mass is 35.5. The number of allylic oxidation sites excluding steroid dienone is 1. The van der Waals surface area contributed by atoms with Crippen molar-refractivity contribution in [1.82, 2.24) is 0 Å².